The maximum atomic E-state index is 11.4. The molecule has 2 amide bonds. The summed E-state index contributed by atoms with van der Waals surface area (Å²) in [7, 11) is 0. The van der Waals surface area contributed by atoms with Gasteiger partial charge < -0.3 is 16.2 Å². The zero-order chi connectivity index (χ0) is 17.1. The number of hydrogen-bond donors (Lipinski definition) is 3. The van der Waals surface area contributed by atoms with Crippen molar-refractivity contribution in [1.82, 2.24) is 0 Å². The van der Waals surface area contributed by atoms with Gasteiger partial charge in [-0.3, -0.25) is 10.1 Å². The predicted octanol–water partition coefficient (Wildman–Crippen LogP) is 3.10. The average molecular weight is 336 g/mol. The van der Waals surface area contributed by atoms with Gasteiger partial charge >= 0.3 is 12.0 Å². The number of aromatic carboxylic acids is 1. The van der Waals surface area contributed by atoms with E-state index in [1.165, 1.54) is 36.4 Å². The Morgan fingerprint density at radius 2 is 1.96 bits per heavy atom. The molecular formula is C14H10ClN3O5. The zero-order valence-corrected chi connectivity index (χ0v) is 12.2. The summed E-state index contributed by atoms with van der Waals surface area (Å²) in [6.45, 7) is 0. The zero-order valence-electron chi connectivity index (χ0n) is 11.4. The normalized spacial score (nSPS) is 10.1. The second-order valence-electron chi connectivity index (χ2n) is 4.44. The Kier molecular flexibility index (Phi) is 4.47. The molecule has 2 aromatic rings. The van der Waals surface area contributed by atoms with Crippen molar-refractivity contribution in [3.63, 3.8) is 0 Å². The fourth-order valence-electron chi connectivity index (χ4n) is 2.12. The molecule has 0 unspecified atom stereocenters. The quantitative estimate of drug-likeness (QED) is 0.582. The number of carboxylic acid groups (broad SMARTS) is 1. The van der Waals surface area contributed by atoms with Crippen LogP contribution < -0.4 is 11.1 Å². The van der Waals surface area contributed by atoms with Crippen molar-refractivity contribution < 1.29 is 19.6 Å². The molecule has 2 aromatic carbocycles. The maximum Gasteiger partial charge on any atom is 0.336 e. The third kappa shape index (κ3) is 3.38. The lowest BCUT2D eigenvalue weighted by Gasteiger charge is -2.13. The van der Waals surface area contributed by atoms with Gasteiger partial charge in [0.05, 0.1) is 21.7 Å². The van der Waals surface area contributed by atoms with E-state index in [-0.39, 0.29) is 33.1 Å². The number of nitro benzene ring substituents is 1. The van der Waals surface area contributed by atoms with Crippen molar-refractivity contribution in [2.75, 3.05) is 5.32 Å². The average Bonchev–Trinajstić information content (AvgIpc) is 2.45. The first kappa shape index (κ1) is 16.2. The van der Waals surface area contributed by atoms with E-state index in [4.69, 9.17) is 17.3 Å². The standard InChI is InChI=1S/C14H10ClN3O5/c15-7-4-5-8(13(19)20)9(6-7)12-10(17-14(16)21)2-1-3-11(12)18(22)23/h1-6H,(H,19,20)(H3,16,17,21). The summed E-state index contributed by atoms with van der Waals surface area (Å²) in [5.74, 6) is -1.29. The van der Waals surface area contributed by atoms with Crippen LogP contribution in [0.2, 0.25) is 5.02 Å². The number of nitrogens with one attached hydrogen (secondary N) is 1. The number of nitrogens with zero attached hydrogens (tertiary/aromatic N) is 1. The minimum absolute atomic E-state index is 0.000972. The van der Waals surface area contributed by atoms with E-state index < -0.39 is 16.9 Å². The Hall–Kier alpha value is -3.13. The molecule has 0 atom stereocenters. The third-order valence-electron chi connectivity index (χ3n) is 2.98. The molecule has 9 heteroatoms. The topological polar surface area (TPSA) is 136 Å². The SMILES string of the molecule is NC(=O)Nc1cccc([N+](=O)[O-])c1-c1cc(Cl)ccc1C(=O)O. The molecule has 0 aliphatic carbocycles. The first-order chi connectivity index (χ1) is 10.8. The van der Waals surface area contributed by atoms with Gasteiger partial charge in [-0.1, -0.05) is 17.7 Å². The molecule has 0 radical (unpaired) electrons. The van der Waals surface area contributed by atoms with E-state index in [0.717, 1.165) is 0 Å². The van der Waals surface area contributed by atoms with Gasteiger partial charge in [0, 0.05) is 16.7 Å². The third-order valence-corrected chi connectivity index (χ3v) is 3.21. The summed E-state index contributed by atoms with van der Waals surface area (Å²) in [4.78, 5) is 33.1. The molecular weight excluding hydrogens is 326 g/mol. The van der Waals surface area contributed by atoms with Crippen LogP contribution in [0.4, 0.5) is 16.2 Å². The van der Waals surface area contributed by atoms with Crippen LogP contribution in [-0.2, 0) is 0 Å². The maximum absolute atomic E-state index is 11.4. The van der Waals surface area contributed by atoms with Crippen molar-refractivity contribution in [2.24, 2.45) is 5.73 Å². The van der Waals surface area contributed by atoms with Crippen LogP contribution in [0.25, 0.3) is 11.1 Å². The van der Waals surface area contributed by atoms with Crippen LogP contribution in [0.5, 0.6) is 0 Å². The minimum Gasteiger partial charge on any atom is -0.478 e. The lowest BCUT2D eigenvalue weighted by molar-refractivity contribution is -0.384. The van der Waals surface area contributed by atoms with Crippen LogP contribution in [-0.4, -0.2) is 22.0 Å². The van der Waals surface area contributed by atoms with Gasteiger partial charge in [0.2, 0.25) is 0 Å². The Bertz CT molecular complexity index is 822. The fraction of sp³-hybridized carbons (Fsp3) is 0. The molecule has 0 spiro atoms. The monoisotopic (exact) mass is 335 g/mol. The highest BCUT2D eigenvalue weighted by Gasteiger charge is 2.24. The number of nitro groups is 1. The number of halogens is 1. The molecule has 4 N–H and O–H groups in total. The number of amides is 2. The van der Waals surface area contributed by atoms with E-state index in [0.29, 0.717) is 0 Å². The van der Waals surface area contributed by atoms with Gasteiger partial charge in [-0.2, -0.15) is 0 Å². The number of anilines is 1. The van der Waals surface area contributed by atoms with Gasteiger partial charge in [-0.05, 0) is 24.3 Å². The molecule has 23 heavy (non-hydrogen) atoms. The highest BCUT2D eigenvalue weighted by Crippen LogP contribution is 2.39. The molecule has 0 aromatic heterocycles. The number of rotatable bonds is 4. The van der Waals surface area contributed by atoms with Crippen molar-refractivity contribution in [3.05, 3.63) is 57.1 Å². The molecule has 8 nitrogen and oxygen atoms in total. The lowest BCUT2D eigenvalue weighted by Crippen LogP contribution is -2.20. The number of urea groups is 1. The van der Waals surface area contributed by atoms with Crippen molar-refractivity contribution in [1.29, 1.82) is 0 Å². The summed E-state index contributed by atoms with van der Waals surface area (Å²) in [6, 6.07) is 6.82. The highest BCUT2D eigenvalue weighted by molar-refractivity contribution is 6.31. The summed E-state index contributed by atoms with van der Waals surface area (Å²) < 4.78 is 0. The molecule has 0 aliphatic heterocycles. The Morgan fingerprint density at radius 3 is 2.52 bits per heavy atom. The number of primary amides is 1. The largest absolute Gasteiger partial charge is 0.478 e. The predicted molar refractivity (Wildman–Crippen MR) is 83.7 cm³/mol. The number of carbonyl (C=O) groups is 2. The number of hydrogen-bond acceptors (Lipinski definition) is 4. The summed E-state index contributed by atoms with van der Waals surface area (Å²) >= 11 is 5.89. The van der Waals surface area contributed by atoms with Gasteiger partial charge in [-0.25, -0.2) is 9.59 Å². The molecule has 0 saturated heterocycles. The number of nitrogens with two attached hydrogens (primary N) is 1. The van der Waals surface area contributed by atoms with E-state index >= 15 is 0 Å². The fourth-order valence-corrected chi connectivity index (χ4v) is 2.29. The second-order valence-corrected chi connectivity index (χ2v) is 4.88. The Balaban J connectivity index is 2.85. The smallest absolute Gasteiger partial charge is 0.336 e. The van der Waals surface area contributed by atoms with Crippen molar-refractivity contribution in [2.45, 2.75) is 0 Å². The lowest BCUT2D eigenvalue weighted by atomic mass is 9.96. The molecule has 0 heterocycles. The molecule has 0 bridgehead atoms. The molecule has 0 aliphatic rings. The summed E-state index contributed by atoms with van der Waals surface area (Å²) in [5.41, 5.74) is 4.40. The van der Waals surface area contributed by atoms with Crippen LogP contribution >= 0.6 is 11.6 Å². The number of carboxylic acids is 1. The van der Waals surface area contributed by atoms with E-state index in [1.807, 2.05) is 0 Å². The van der Waals surface area contributed by atoms with Crippen LogP contribution in [0.3, 0.4) is 0 Å². The number of carbonyl (C=O) groups excluding carboxylic acids is 1. The van der Waals surface area contributed by atoms with Crippen LogP contribution in [0.1, 0.15) is 10.4 Å². The Morgan fingerprint density at radius 1 is 1.26 bits per heavy atom. The molecule has 0 saturated carbocycles. The van der Waals surface area contributed by atoms with Gasteiger partial charge in [-0.15, -0.1) is 0 Å². The van der Waals surface area contributed by atoms with Gasteiger partial charge in [0.1, 0.15) is 0 Å². The van der Waals surface area contributed by atoms with E-state index in [1.54, 1.807) is 0 Å². The van der Waals surface area contributed by atoms with Crippen LogP contribution in [0, 0.1) is 10.1 Å². The Labute approximate surface area is 134 Å². The molecule has 0 fully saturated rings. The van der Waals surface area contributed by atoms with Crippen molar-refractivity contribution >= 4 is 35.0 Å². The molecule has 2 rings (SSSR count). The molecule has 118 valence electrons. The van der Waals surface area contributed by atoms with Crippen molar-refractivity contribution in [3.8, 4) is 11.1 Å². The van der Waals surface area contributed by atoms with Crippen LogP contribution in [0.15, 0.2) is 36.4 Å². The van der Waals surface area contributed by atoms with E-state index in [2.05, 4.69) is 5.32 Å². The summed E-state index contributed by atoms with van der Waals surface area (Å²) in [5, 5.41) is 23.0. The van der Waals surface area contributed by atoms with E-state index in [9.17, 15) is 24.8 Å². The van der Waals surface area contributed by atoms with Gasteiger partial charge in [0.15, 0.2) is 0 Å². The number of benzene rings is 2. The van der Waals surface area contributed by atoms with Gasteiger partial charge in [0.25, 0.3) is 5.69 Å². The second kappa shape index (κ2) is 6.32. The first-order valence-corrected chi connectivity index (χ1v) is 6.56. The summed E-state index contributed by atoms with van der Waals surface area (Å²) in [6.07, 6.45) is 0. The first-order valence-electron chi connectivity index (χ1n) is 6.18. The highest BCUT2D eigenvalue weighted by atomic mass is 35.5. The minimum atomic E-state index is -1.29.